The van der Waals surface area contributed by atoms with E-state index in [1.54, 1.807) is 6.92 Å². The molecule has 5 nitrogen and oxygen atoms in total. The molecule has 4 rings (SSSR count). The molecule has 3 aromatic carbocycles. The van der Waals surface area contributed by atoms with Crippen molar-refractivity contribution >= 4 is 45.7 Å². The number of hydrogen-bond donors (Lipinski definition) is 2. The first kappa shape index (κ1) is 23.6. The van der Waals surface area contributed by atoms with E-state index in [9.17, 15) is 9.59 Å². The summed E-state index contributed by atoms with van der Waals surface area (Å²) in [6.45, 7) is 2.01. The van der Waals surface area contributed by atoms with Crippen LogP contribution in [0.25, 0.3) is 11.1 Å². The Kier molecular flexibility index (Phi) is 7.67. The van der Waals surface area contributed by atoms with Crippen molar-refractivity contribution < 1.29 is 14.3 Å². The Hall–Kier alpha value is -3.55. The summed E-state index contributed by atoms with van der Waals surface area (Å²) < 4.78 is 5.32. The molecule has 34 heavy (non-hydrogen) atoms. The number of thioether (sulfide) groups is 1. The minimum absolute atomic E-state index is 0.222. The number of thiophene rings is 1. The molecule has 0 saturated carbocycles. The third-order valence-corrected chi connectivity index (χ3v) is 7.23. The van der Waals surface area contributed by atoms with Gasteiger partial charge in [0.05, 0.1) is 6.61 Å². The maximum absolute atomic E-state index is 13.6. The van der Waals surface area contributed by atoms with Crippen molar-refractivity contribution in [2.75, 3.05) is 17.7 Å². The topological polar surface area (TPSA) is 81.4 Å². The number of amides is 1. The van der Waals surface area contributed by atoms with Gasteiger partial charge in [0, 0.05) is 21.5 Å². The van der Waals surface area contributed by atoms with Gasteiger partial charge >= 0.3 is 5.97 Å². The first-order valence-electron chi connectivity index (χ1n) is 10.8. The summed E-state index contributed by atoms with van der Waals surface area (Å²) in [5.41, 5.74) is 9.34. The Morgan fingerprint density at radius 1 is 0.971 bits per heavy atom. The molecule has 0 saturated heterocycles. The Balaban J connectivity index is 1.67. The van der Waals surface area contributed by atoms with Crippen LogP contribution < -0.4 is 11.1 Å². The van der Waals surface area contributed by atoms with Crippen LogP contribution in [0.3, 0.4) is 0 Å². The number of esters is 1. The number of ether oxygens (including phenoxy) is 1. The van der Waals surface area contributed by atoms with Gasteiger partial charge in [-0.15, -0.1) is 23.1 Å². The number of nitrogen functional groups attached to an aromatic ring is 1. The van der Waals surface area contributed by atoms with E-state index in [1.165, 1.54) is 23.1 Å². The van der Waals surface area contributed by atoms with E-state index in [0.29, 0.717) is 16.3 Å². The summed E-state index contributed by atoms with van der Waals surface area (Å²) in [6, 6.07) is 26.6. The Morgan fingerprint density at radius 2 is 1.62 bits per heavy atom. The van der Waals surface area contributed by atoms with Crippen molar-refractivity contribution in [3.63, 3.8) is 0 Å². The second-order valence-electron chi connectivity index (χ2n) is 7.41. The van der Waals surface area contributed by atoms with Crippen molar-refractivity contribution in [2.45, 2.75) is 17.1 Å². The monoisotopic (exact) mass is 488 g/mol. The lowest BCUT2D eigenvalue weighted by Gasteiger charge is -2.17. The third kappa shape index (κ3) is 5.50. The van der Waals surface area contributed by atoms with Crippen LogP contribution in [0.1, 0.15) is 28.1 Å². The van der Waals surface area contributed by atoms with Crippen LogP contribution in [-0.2, 0) is 9.53 Å². The van der Waals surface area contributed by atoms with Crippen LogP contribution in [0, 0.1) is 0 Å². The molecule has 1 aromatic heterocycles. The lowest BCUT2D eigenvalue weighted by molar-refractivity contribution is -0.115. The largest absolute Gasteiger partial charge is 0.462 e. The molecule has 0 aliphatic rings. The maximum atomic E-state index is 13.6. The molecule has 0 aliphatic heterocycles. The lowest BCUT2D eigenvalue weighted by Crippen LogP contribution is -2.20. The number of benzene rings is 3. The summed E-state index contributed by atoms with van der Waals surface area (Å²) in [7, 11) is 0. The molecule has 0 radical (unpaired) electrons. The number of hydrogen-bond acceptors (Lipinski definition) is 6. The Bertz CT molecular complexity index is 1260. The van der Waals surface area contributed by atoms with Crippen molar-refractivity contribution in [1.29, 1.82) is 0 Å². The molecular weight excluding hydrogens is 464 g/mol. The smallest absolute Gasteiger partial charge is 0.341 e. The first-order chi connectivity index (χ1) is 16.6. The van der Waals surface area contributed by atoms with Gasteiger partial charge in [-0.25, -0.2) is 4.79 Å². The minimum atomic E-state index is -0.526. The molecule has 3 N–H and O–H groups in total. The van der Waals surface area contributed by atoms with E-state index in [1.807, 2.05) is 90.3 Å². The van der Waals surface area contributed by atoms with Gasteiger partial charge in [0.15, 0.2) is 0 Å². The quantitative estimate of drug-likeness (QED) is 0.165. The molecule has 4 aromatic rings. The highest BCUT2D eigenvalue weighted by atomic mass is 32.2. The van der Waals surface area contributed by atoms with Gasteiger partial charge in [0.1, 0.15) is 15.8 Å². The van der Waals surface area contributed by atoms with Crippen molar-refractivity contribution in [3.8, 4) is 11.1 Å². The number of nitrogens with two attached hydrogens (primary N) is 1. The molecular formula is C27H24N2O3S2. The fourth-order valence-corrected chi connectivity index (χ4v) is 5.43. The van der Waals surface area contributed by atoms with Crippen LogP contribution >= 0.6 is 23.1 Å². The maximum Gasteiger partial charge on any atom is 0.341 e. The molecule has 0 bridgehead atoms. The summed E-state index contributed by atoms with van der Waals surface area (Å²) in [5, 5.41) is 4.83. The Labute approximate surface area is 207 Å². The zero-order chi connectivity index (χ0) is 23.9. The predicted molar refractivity (Wildman–Crippen MR) is 140 cm³/mol. The van der Waals surface area contributed by atoms with E-state index in [4.69, 9.17) is 10.5 Å². The van der Waals surface area contributed by atoms with E-state index < -0.39 is 11.2 Å². The van der Waals surface area contributed by atoms with Crippen LogP contribution in [0.2, 0.25) is 0 Å². The highest BCUT2D eigenvalue weighted by Crippen LogP contribution is 2.40. The zero-order valence-corrected chi connectivity index (χ0v) is 20.2. The summed E-state index contributed by atoms with van der Waals surface area (Å²) >= 11 is 2.74. The third-order valence-electron chi connectivity index (χ3n) is 5.07. The van der Waals surface area contributed by atoms with Crippen molar-refractivity contribution in [1.82, 2.24) is 0 Å². The van der Waals surface area contributed by atoms with E-state index in [2.05, 4.69) is 5.32 Å². The van der Waals surface area contributed by atoms with Gasteiger partial charge < -0.3 is 15.8 Å². The summed E-state index contributed by atoms with van der Waals surface area (Å²) in [4.78, 5) is 27.4. The fraction of sp³-hybridized carbons (Fsp3) is 0.111. The first-order valence-corrected chi connectivity index (χ1v) is 12.5. The van der Waals surface area contributed by atoms with Gasteiger partial charge in [-0.3, -0.25) is 4.79 Å². The van der Waals surface area contributed by atoms with Crippen LogP contribution in [0.15, 0.2) is 95.2 Å². The zero-order valence-electron chi connectivity index (χ0n) is 18.6. The molecule has 1 heterocycles. The number of rotatable bonds is 8. The van der Waals surface area contributed by atoms with Crippen LogP contribution in [0.4, 0.5) is 10.7 Å². The molecule has 7 heteroatoms. The van der Waals surface area contributed by atoms with Crippen LogP contribution in [-0.4, -0.2) is 18.5 Å². The highest BCUT2D eigenvalue weighted by molar-refractivity contribution is 8.00. The van der Waals surface area contributed by atoms with Crippen LogP contribution in [0.5, 0.6) is 0 Å². The number of nitrogens with one attached hydrogen (secondary N) is 1. The predicted octanol–water partition coefficient (Wildman–Crippen LogP) is 6.65. The van der Waals surface area contributed by atoms with Gasteiger partial charge in [-0.2, -0.15) is 0 Å². The standard InChI is InChI=1S/C27H24N2O3S2/c1-2-32-27(31)23-22(18-9-5-3-6-10-18)17-33-26(23)29-25(30)24(19-11-7-4-8-12-19)34-21-15-13-20(28)14-16-21/h3-17,24H,2,28H2,1H3,(H,29,30). The van der Waals surface area contributed by atoms with E-state index in [-0.39, 0.29) is 12.5 Å². The number of carbonyl (C=O) groups excluding carboxylic acids is 2. The number of carbonyl (C=O) groups is 2. The van der Waals surface area contributed by atoms with Gasteiger partial charge in [-0.05, 0) is 42.3 Å². The second-order valence-corrected chi connectivity index (χ2v) is 9.47. The van der Waals surface area contributed by atoms with E-state index >= 15 is 0 Å². The van der Waals surface area contributed by atoms with Crippen molar-refractivity contribution in [2.24, 2.45) is 0 Å². The normalized spacial score (nSPS) is 11.6. The molecule has 172 valence electrons. The summed E-state index contributed by atoms with van der Waals surface area (Å²) in [6.07, 6.45) is 0. The molecule has 0 spiro atoms. The highest BCUT2D eigenvalue weighted by Gasteiger charge is 2.27. The fourth-order valence-electron chi connectivity index (χ4n) is 3.45. The van der Waals surface area contributed by atoms with Gasteiger partial charge in [-0.1, -0.05) is 60.7 Å². The lowest BCUT2D eigenvalue weighted by atomic mass is 10.0. The van der Waals surface area contributed by atoms with Gasteiger partial charge in [0.25, 0.3) is 0 Å². The van der Waals surface area contributed by atoms with Gasteiger partial charge in [0.2, 0.25) is 5.91 Å². The average molecular weight is 489 g/mol. The molecule has 1 unspecified atom stereocenters. The summed E-state index contributed by atoms with van der Waals surface area (Å²) in [5.74, 6) is -0.680. The average Bonchev–Trinajstić information content (AvgIpc) is 3.28. The molecule has 1 atom stereocenters. The molecule has 1 amide bonds. The number of anilines is 2. The Morgan fingerprint density at radius 3 is 2.26 bits per heavy atom. The molecule has 0 fully saturated rings. The SMILES string of the molecule is CCOC(=O)c1c(-c2ccccc2)csc1NC(=O)C(Sc1ccc(N)cc1)c1ccccc1. The second kappa shape index (κ2) is 11.0. The molecule has 0 aliphatic carbocycles. The van der Waals surface area contributed by atoms with E-state index in [0.717, 1.165) is 21.6 Å². The van der Waals surface area contributed by atoms with Crippen molar-refractivity contribution in [3.05, 3.63) is 101 Å². The minimum Gasteiger partial charge on any atom is -0.462 e.